The van der Waals surface area contributed by atoms with Gasteiger partial charge in [0.2, 0.25) is 0 Å². The minimum absolute atomic E-state index is 0.510. The minimum atomic E-state index is 0.510. The summed E-state index contributed by atoms with van der Waals surface area (Å²) in [5, 5.41) is 0. The molecule has 2 heteroatoms. The van der Waals surface area contributed by atoms with Crippen molar-refractivity contribution in [2.24, 2.45) is 0 Å². The molecule has 1 nitrogen and oxygen atoms in total. The third kappa shape index (κ3) is 3.97. The van der Waals surface area contributed by atoms with Gasteiger partial charge in [-0.1, -0.05) is 25.7 Å². The summed E-state index contributed by atoms with van der Waals surface area (Å²) in [6.45, 7) is 0.728. The lowest BCUT2D eigenvalue weighted by Crippen LogP contribution is -2.12. The van der Waals surface area contributed by atoms with Crippen LogP contribution in [0.1, 0.15) is 38.5 Å². The first-order valence-electron chi connectivity index (χ1n) is 4.61. The largest absolute Gasteiger partial charge is 0.377 e. The van der Waals surface area contributed by atoms with Crippen LogP contribution in [-0.2, 0) is 4.74 Å². The topological polar surface area (TPSA) is 9.23 Å². The van der Waals surface area contributed by atoms with E-state index in [-0.39, 0.29) is 0 Å². The minimum Gasteiger partial charge on any atom is -0.377 e. The normalized spacial score (nSPS) is 21.5. The molecule has 0 amide bonds. The molecule has 1 fully saturated rings. The van der Waals surface area contributed by atoms with Crippen molar-refractivity contribution in [1.29, 1.82) is 0 Å². The molecule has 0 heterocycles. The van der Waals surface area contributed by atoms with Gasteiger partial charge in [-0.15, -0.1) is 11.6 Å². The number of halogens is 1. The molecule has 1 aliphatic carbocycles. The highest BCUT2D eigenvalue weighted by molar-refractivity contribution is 6.17. The Hall–Kier alpha value is 0.250. The Morgan fingerprint density at radius 1 is 1.09 bits per heavy atom. The van der Waals surface area contributed by atoms with Crippen molar-refractivity contribution in [1.82, 2.24) is 0 Å². The highest BCUT2D eigenvalue weighted by Crippen LogP contribution is 2.19. The van der Waals surface area contributed by atoms with E-state index in [1.807, 2.05) is 0 Å². The van der Waals surface area contributed by atoms with Gasteiger partial charge in [-0.25, -0.2) is 0 Å². The summed E-state index contributed by atoms with van der Waals surface area (Å²) in [7, 11) is 0. The molecule has 1 saturated carbocycles. The van der Waals surface area contributed by atoms with Gasteiger partial charge in [-0.3, -0.25) is 0 Å². The number of ether oxygens (including phenoxy) is 1. The van der Waals surface area contributed by atoms with Crippen LogP contribution in [-0.4, -0.2) is 18.6 Å². The second kappa shape index (κ2) is 5.84. The third-order valence-corrected chi connectivity index (χ3v) is 2.39. The first-order valence-corrected chi connectivity index (χ1v) is 5.14. The quantitative estimate of drug-likeness (QED) is 0.475. The van der Waals surface area contributed by atoms with Crippen molar-refractivity contribution in [2.75, 3.05) is 12.5 Å². The predicted octanol–water partition coefficient (Wildman–Crippen LogP) is 2.96. The van der Waals surface area contributed by atoms with Crippen molar-refractivity contribution in [3.05, 3.63) is 0 Å². The van der Waals surface area contributed by atoms with Gasteiger partial charge < -0.3 is 4.74 Å². The number of hydrogen-bond acceptors (Lipinski definition) is 1. The maximum Gasteiger partial charge on any atom is 0.0605 e. The van der Waals surface area contributed by atoms with Gasteiger partial charge in [0.15, 0.2) is 0 Å². The summed E-state index contributed by atoms with van der Waals surface area (Å²) in [5.41, 5.74) is 0. The van der Waals surface area contributed by atoms with Crippen LogP contribution in [0.4, 0.5) is 0 Å². The Morgan fingerprint density at radius 2 is 1.73 bits per heavy atom. The fourth-order valence-corrected chi connectivity index (χ4v) is 1.71. The van der Waals surface area contributed by atoms with Crippen LogP contribution in [0, 0.1) is 0 Å². The summed E-state index contributed by atoms with van der Waals surface area (Å²) < 4.78 is 5.58. The van der Waals surface area contributed by atoms with Gasteiger partial charge in [0.05, 0.1) is 12.7 Å². The van der Waals surface area contributed by atoms with Crippen LogP contribution >= 0.6 is 11.6 Å². The second-order valence-electron chi connectivity index (χ2n) is 3.17. The number of rotatable bonds is 3. The maximum atomic E-state index is 5.58. The highest BCUT2D eigenvalue weighted by Gasteiger charge is 2.11. The van der Waals surface area contributed by atoms with Gasteiger partial charge in [-0.05, 0) is 12.8 Å². The zero-order chi connectivity index (χ0) is 7.94. The van der Waals surface area contributed by atoms with Crippen molar-refractivity contribution in [3.8, 4) is 0 Å². The Labute approximate surface area is 74.1 Å². The van der Waals surface area contributed by atoms with E-state index in [9.17, 15) is 0 Å². The Bertz CT molecular complexity index is 87.6. The van der Waals surface area contributed by atoms with E-state index in [1.165, 1.54) is 38.5 Å². The summed E-state index contributed by atoms with van der Waals surface area (Å²) in [6, 6.07) is 0. The highest BCUT2D eigenvalue weighted by atomic mass is 35.5. The molecule has 0 atom stereocenters. The number of alkyl halides is 1. The van der Waals surface area contributed by atoms with Crippen LogP contribution in [0.3, 0.4) is 0 Å². The summed E-state index contributed by atoms with van der Waals surface area (Å²) in [5.74, 6) is 0.635. The maximum absolute atomic E-state index is 5.58. The molecule has 0 aromatic carbocycles. The average molecular weight is 177 g/mol. The third-order valence-electron chi connectivity index (χ3n) is 2.23. The Morgan fingerprint density at radius 3 is 2.27 bits per heavy atom. The first kappa shape index (κ1) is 9.34. The fourth-order valence-electron chi connectivity index (χ4n) is 1.62. The van der Waals surface area contributed by atoms with E-state index in [1.54, 1.807) is 0 Å². The zero-order valence-corrected chi connectivity index (χ0v) is 7.78. The van der Waals surface area contributed by atoms with Gasteiger partial charge >= 0.3 is 0 Å². The van der Waals surface area contributed by atoms with Crippen LogP contribution in [0.15, 0.2) is 0 Å². The number of hydrogen-bond donors (Lipinski definition) is 0. The lowest BCUT2D eigenvalue weighted by atomic mass is 10.1. The molecule has 0 radical (unpaired) electrons. The molecule has 0 unspecified atom stereocenters. The standard InChI is InChI=1S/C9H17ClO/c10-7-8-11-9-5-3-1-2-4-6-9/h9H,1-8H2. The van der Waals surface area contributed by atoms with Gasteiger partial charge in [-0.2, -0.15) is 0 Å². The zero-order valence-electron chi connectivity index (χ0n) is 7.02. The fraction of sp³-hybridized carbons (Fsp3) is 1.00. The van der Waals surface area contributed by atoms with Crippen molar-refractivity contribution < 1.29 is 4.74 Å². The van der Waals surface area contributed by atoms with Crippen LogP contribution in [0.2, 0.25) is 0 Å². The first-order chi connectivity index (χ1) is 5.43. The van der Waals surface area contributed by atoms with Gasteiger partial charge in [0, 0.05) is 5.88 Å². The van der Waals surface area contributed by atoms with E-state index in [0.29, 0.717) is 12.0 Å². The van der Waals surface area contributed by atoms with Crippen LogP contribution in [0.25, 0.3) is 0 Å². The van der Waals surface area contributed by atoms with E-state index < -0.39 is 0 Å². The van der Waals surface area contributed by atoms with E-state index in [0.717, 1.165) is 6.61 Å². The van der Waals surface area contributed by atoms with Crippen molar-refractivity contribution in [2.45, 2.75) is 44.6 Å². The second-order valence-corrected chi connectivity index (χ2v) is 3.55. The lowest BCUT2D eigenvalue weighted by molar-refractivity contribution is 0.0538. The smallest absolute Gasteiger partial charge is 0.0605 e. The SMILES string of the molecule is ClCCOC1CCCCCC1. The monoisotopic (exact) mass is 176 g/mol. The molecule has 0 aliphatic heterocycles. The summed E-state index contributed by atoms with van der Waals surface area (Å²) in [4.78, 5) is 0. The molecular weight excluding hydrogens is 160 g/mol. The molecule has 11 heavy (non-hydrogen) atoms. The van der Waals surface area contributed by atoms with Crippen molar-refractivity contribution in [3.63, 3.8) is 0 Å². The van der Waals surface area contributed by atoms with E-state index >= 15 is 0 Å². The molecule has 0 spiro atoms. The molecule has 0 saturated heterocycles. The van der Waals surface area contributed by atoms with Crippen LogP contribution < -0.4 is 0 Å². The molecular formula is C9H17ClO. The van der Waals surface area contributed by atoms with E-state index in [4.69, 9.17) is 16.3 Å². The van der Waals surface area contributed by atoms with E-state index in [2.05, 4.69) is 0 Å². The molecule has 66 valence electrons. The molecule has 1 aliphatic rings. The molecule has 1 rings (SSSR count). The average Bonchev–Trinajstić information content (AvgIpc) is 2.28. The molecule has 0 aromatic rings. The summed E-state index contributed by atoms with van der Waals surface area (Å²) in [6.07, 6.45) is 8.46. The predicted molar refractivity (Wildman–Crippen MR) is 48.2 cm³/mol. The van der Waals surface area contributed by atoms with Gasteiger partial charge in [0.1, 0.15) is 0 Å². The van der Waals surface area contributed by atoms with Gasteiger partial charge in [0.25, 0.3) is 0 Å². The van der Waals surface area contributed by atoms with Crippen LogP contribution in [0.5, 0.6) is 0 Å². The Balaban J connectivity index is 2.09. The lowest BCUT2D eigenvalue weighted by Gasteiger charge is -2.13. The molecule has 0 aromatic heterocycles. The molecule has 0 bridgehead atoms. The Kier molecular flexibility index (Phi) is 4.96. The van der Waals surface area contributed by atoms with Crippen molar-refractivity contribution >= 4 is 11.6 Å². The molecule has 0 N–H and O–H groups in total. The summed E-state index contributed by atoms with van der Waals surface area (Å²) >= 11 is 5.54.